The smallest absolute Gasteiger partial charge is 0.163 e. The maximum atomic E-state index is 9.11. The van der Waals surface area contributed by atoms with E-state index in [-0.39, 0.29) is 6.61 Å². The number of rotatable bonds is 2. The minimum atomic E-state index is -0.522. The number of aliphatic hydroxyl groups is 1. The molecule has 0 spiro atoms. The molecule has 1 aromatic rings. The van der Waals surface area contributed by atoms with Crippen LogP contribution in [0.25, 0.3) is 0 Å². The van der Waals surface area contributed by atoms with Crippen molar-refractivity contribution in [3.63, 3.8) is 0 Å². The molecular formula is C10H13NO2S. The van der Waals surface area contributed by atoms with Crippen molar-refractivity contribution in [2.75, 3.05) is 6.61 Å². The fourth-order valence-corrected chi connectivity index (χ4v) is 2.37. The van der Waals surface area contributed by atoms with Crippen LogP contribution in [0.4, 0.5) is 0 Å². The third kappa shape index (κ3) is 1.55. The van der Waals surface area contributed by atoms with E-state index in [0.717, 1.165) is 5.71 Å². The molecule has 2 heterocycles. The Kier molecular flexibility index (Phi) is 2.33. The van der Waals surface area contributed by atoms with Crippen LogP contribution in [0.15, 0.2) is 16.6 Å². The van der Waals surface area contributed by atoms with Gasteiger partial charge in [0.15, 0.2) is 5.60 Å². The van der Waals surface area contributed by atoms with Crippen LogP contribution in [0, 0.1) is 6.92 Å². The van der Waals surface area contributed by atoms with Gasteiger partial charge in [-0.3, -0.25) is 0 Å². The summed E-state index contributed by atoms with van der Waals surface area (Å²) >= 11 is 1.67. The van der Waals surface area contributed by atoms with Crippen molar-refractivity contribution in [2.24, 2.45) is 5.16 Å². The Morgan fingerprint density at radius 1 is 1.71 bits per heavy atom. The van der Waals surface area contributed by atoms with Crippen LogP contribution in [0.1, 0.15) is 23.8 Å². The Balaban J connectivity index is 2.21. The molecule has 0 fully saturated rings. The summed E-state index contributed by atoms with van der Waals surface area (Å²) in [5.74, 6) is 0. The van der Waals surface area contributed by atoms with E-state index in [1.165, 1.54) is 10.4 Å². The lowest BCUT2D eigenvalue weighted by Gasteiger charge is -2.17. The van der Waals surface area contributed by atoms with E-state index >= 15 is 0 Å². The molecule has 0 aromatic carbocycles. The second kappa shape index (κ2) is 3.37. The van der Waals surface area contributed by atoms with Crippen LogP contribution < -0.4 is 0 Å². The maximum Gasteiger partial charge on any atom is 0.163 e. The van der Waals surface area contributed by atoms with Crippen molar-refractivity contribution in [2.45, 2.75) is 25.9 Å². The second-order valence-electron chi connectivity index (χ2n) is 3.85. The molecule has 0 radical (unpaired) electrons. The van der Waals surface area contributed by atoms with E-state index in [1.54, 1.807) is 11.3 Å². The molecule has 1 aliphatic rings. The zero-order chi connectivity index (χ0) is 10.2. The van der Waals surface area contributed by atoms with Gasteiger partial charge in [0.05, 0.1) is 11.5 Å². The quantitative estimate of drug-likeness (QED) is 0.812. The predicted molar refractivity (Wildman–Crippen MR) is 56.8 cm³/mol. The molecule has 0 aliphatic carbocycles. The van der Waals surface area contributed by atoms with Gasteiger partial charge in [0, 0.05) is 6.42 Å². The molecule has 4 heteroatoms. The zero-order valence-corrected chi connectivity index (χ0v) is 9.10. The molecular weight excluding hydrogens is 198 g/mol. The van der Waals surface area contributed by atoms with E-state index in [1.807, 2.05) is 12.3 Å². The molecule has 1 aliphatic heterocycles. The average Bonchev–Trinajstić information content (AvgIpc) is 2.73. The minimum Gasteiger partial charge on any atom is -0.392 e. The highest BCUT2D eigenvalue weighted by Crippen LogP contribution is 2.29. The van der Waals surface area contributed by atoms with Crippen molar-refractivity contribution in [1.29, 1.82) is 0 Å². The van der Waals surface area contributed by atoms with Crippen LogP contribution >= 0.6 is 11.3 Å². The van der Waals surface area contributed by atoms with Crippen LogP contribution in [0.5, 0.6) is 0 Å². The fraction of sp³-hybridized carbons (Fsp3) is 0.500. The SMILES string of the molecule is Cc1ccsc1C1=NO[C@](C)(CO)C1. The molecule has 1 aromatic heterocycles. The first-order chi connectivity index (χ1) is 6.64. The van der Waals surface area contributed by atoms with Gasteiger partial charge in [-0.15, -0.1) is 11.3 Å². The Labute approximate surface area is 87.0 Å². The number of aryl methyl sites for hydroxylation is 1. The molecule has 0 unspecified atom stereocenters. The first-order valence-corrected chi connectivity index (χ1v) is 5.43. The van der Waals surface area contributed by atoms with Gasteiger partial charge in [0.25, 0.3) is 0 Å². The Morgan fingerprint density at radius 2 is 2.50 bits per heavy atom. The lowest BCUT2D eigenvalue weighted by molar-refractivity contribution is -0.0428. The molecule has 14 heavy (non-hydrogen) atoms. The van der Waals surface area contributed by atoms with Gasteiger partial charge >= 0.3 is 0 Å². The van der Waals surface area contributed by atoms with Crippen molar-refractivity contribution >= 4 is 17.0 Å². The summed E-state index contributed by atoms with van der Waals surface area (Å²) in [4.78, 5) is 6.39. The molecule has 0 bridgehead atoms. The van der Waals surface area contributed by atoms with Crippen LogP contribution in [0.2, 0.25) is 0 Å². The monoisotopic (exact) mass is 211 g/mol. The first kappa shape index (κ1) is 9.68. The van der Waals surface area contributed by atoms with Gasteiger partial charge in [-0.05, 0) is 30.9 Å². The number of hydrogen-bond donors (Lipinski definition) is 1. The van der Waals surface area contributed by atoms with Gasteiger partial charge in [-0.1, -0.05) is 5.16 Å². The standard InChI is InChI=1S/C10H13NO2S/c1-7-3-4-14-9(7)8-5-10(2,6-12)13-11-8/h3-4,12H,5-6H2,1-2H3/t10-/m0/s1. The summed E-state index contributed by atoms with van der Waals surface area (Å²) in [6.45, 7) is 3.93. The van der Waals surface area contributed by atoms with E-state index in [4.69, 9.17) is 9.94 Å². The molecule has 0 saturated heterocycles. The Hall–Kier alpha value is -0.870. The highest BCUT2D eigenvalue weighted by Gasteiger charge is 2.34. The van der Waals surface area contributed by atoms with Crippen molar-refractivity contribution in [1.82, 2.24) is 0 Å². The summed E-state index contributed by atoms with van der Waals surface area (Å²) in [6.07, 6.45) is 0.685. The lowest BCUT2D eigenvalue weighted by atomic mass is 9.99. The number of aliphatic hydroxyl groups excluding tert-OH is 1. The summed E-state index contributed by atoms with van der Waals surface area (Å²) in [5.41, 5.74) is 1.65. The van der Waals surface area contributed by atoms with Crippen LogP contribution in [-0.2, 0) is 4.84 Å². The molecule has 1 atom stereocenters. The summed E-state index contributed by atoms with van der Waals surface area (Å²) in [7, 11) is 0. The lowest BCUT2D eigenvalue weighted by Crippen LogP contribution is -2.29. The van der Waals surface area contributed by atoms with Crippen molar-refractivity contribution in [3.05, 3.63) is 21.9 Å². The molecule has 3 nitrogen and oxygen atoms in total. The van der Waals surface area contributed by atoms with Gasteiger partial charge in [0.2, 0.25) is 0 Å². The van der Waals surface area contributed by atoms with Crippen molar-refractivity contribution in [3.8, 4) is 0 Å². The third-order valence-corrected chi connectivity index (χ3v) is 3.44. The van der Waals surface area contributed by atoms with E-state index in [0.29, 0.717) is 6.42 Å². The number of nitrogens with zero attached hydrogens (tertiary/aromatic N) is 1. The van der Waals surface area contributed by atoms with Crippen LogP contribution in [0.3, 0.4) is 0 Å². The van der Waals surface area contributed by atoms with E-state index in [9.17, 15) is 0 Å². The normalized spacial score (nSPS) is 26.1. The Bertz CT molecular complexity index is 372. The van der Waals surface area contributed by atoms with Gasteiger partial charge < -0.3 is 9.94 Å². The second-order valence-corrected chi connectivity index (χ2v) is 4.76. The van der Waals surface area contributed by atoms with E-state index < -0.39 is 5.60 Å². The van der Waals surface area contributed by atoms with Crippen molar-refractivity contribution < 1.29 is 9.94 Å². The largest absolute Gasteiger partial charge is 0.392 e. The topological polar surface area (TPSA) is 41.8 Å². The van der Waals surface area contributed by atoms with Gasteiger partial charge in [-0.25, -0.2) is 0 Å². The summed E-state index contributed by atoms with van der Waals surface area (Å²) < 4.78 is 0. The first-order valence-electron chi connectivity index (χ1n) is 4.55. The fourth-order valence-electron chi connectivity index (χ4n) is 1.46. The molecule has 76 valence electrons. The van der Waals surface area contributed by atoms with Gasteiger partial charge in [-0.2, -0.15) is 0 Å². The highest BCUT2D eigenvalue weighted by atomic mass is 32.1. The summed E-state index contributed by atoms with van der Waals surface area (Å²) in [6, 6.07) is 2.07. The predicted octanol–water partition coefficient (Wildman–Crippen LogP) is 1.93. The minimum absolute atomic E-state index is 0.00439. The number of hydrogen-bond acceptors (Lipinski definition) is 4. The third-order valence-electron chi connectivity index (χ3n) is 2.38. The molecule has 2 rings (SSSR count). The number of thiophene rings is 1. The molecule has 1 N–H and O–H groups in total. The van der Waals surface area contributed by atoms with E-state index in [2.05, 4.69) is 18.1 Å². The summed E-state index contributed by atoms with van der Waals surface area (Å²) in [5, 5.41) is 15.2. The zero-order valence-electron chi connectivity index (χ0n) is 8.28. The molecule has 0 amide bonds. The van der Waals surface area contributed by atoms with Crippen LogP contribution in [-0.4, -0.2) is 23.0 Å². The Morgan fingerprint density at radius 3 is 3.00 bits per heavy atom. The highest BCUT2D eigenvalue weighted by molar-refractivity contribution is 7.12. The average molecular weight is 211 g/mol. The number of oxime groups is 1. The maximum absolute atomic E-state index is 9.11. The van der Waals surface area contributed by atoms with Gasteiger partial charge in [0.1, 0.15) is 5.71 Å². The molecule has 0 saturated carbocycles.